The van der Waals surface area contributed by atoms with Gasteiger partial charge in [-0.3, -0.25) is 4.79 Å². The van der Waals surface area contributed by atoms with Crippen molar-refractivity contribution in [3.05, 3.63) is 47.5 Å². The Balaban J connectivity index is 1.80. The summed E-state index contributed by atoms with van der Waals surface area (Å²) in [5, 5.41) is 3.05. The predicted octanol–water partition coefficient (Wildman–Crippen LogP) is 3.50. The summed E-state index contributed by atoms with van der Waals surface area (Å²) in [5.41, 5.74) is 10.5. The van der Waals surface area contributed by atoms with Crippen molar-refractivity contribution in [1.29, 1.82) is 0 Å². The van der Waals surface area contributed by atoms with E-state index in [0.717, 1.165) is 34.7 Å². The summed E-state index contributed by atoms with van der Waals surface area (Å²) in [6, 6.07) is 11.6. The average molecular weight is 339 g/mol. The predicted molar refractivity (Wildman–Crippen MR) is 102 cm³/mol. The maximum Gasteiger partial charge on any atom is 0.243 e. The zero-order valence-electron chi connectivity index (χ0n) is 15.0. The van der Waals surface area contributed by atoms with Crippen LogP contribution in [-0.2, 0) is 4.79 Å². The van der Waals surface area contributed by atoms with E-state index in [2.05, 4.69) is 12.2 Å². The quantitative estimate of drug-likeness (QED) is 0.837. The molecular formula is C20H25N3O2. The molecule has 1 heterocycles. The molecule has 1 aliphatic heterocycles. The maximum atomic E-state index is 12.7. The molecule has 1 amide bonds. The molecule has 0 saturated heterocycles. The number of carbonyl (C=O) groups is 1. The number of nitrogens with zero attached hydrogens (tertiary/aromatic N) is 1. The Morgan fingerprint density at radius 2 is 2.00 bits per heavy atom. The van der Waals surface area contributed by atoms with Crippen LogP contribution < -0.4 is 20.7 Å². The number of fused-ring (bicyclic) bond motifs is 1. The lowest BCUT2D eigenvalue weighted by molar-refractivity contribution is -0.115. The fourth-order valence-corrected chi connectivity index (χ4v) is 3.17. The number of hydrogen-bond donors (Lipinski definition) is 2. The van der Waals surface area contributed by atoms with Gasteiger partial charge in [-0.2, -0.15) is 0 Å². The SMILES string of the molecule is CCC1CN(CC(=O)Nc2c(C)cccc2C)c2cc(N)ccc2O1. The molecule has 2 aromatic carbocycles. The largest absolute Gasteiger partial charge is 0.486 e. The molecule has 0 aliphatic carbocycles. The molecule has 0 spiro atoms. The third-order valence-corrected chi connectivity index (χ3v) is 4.58. The Morgan fingerprint density at radius 3 is 2.68 bits per heavy atom. The number of hydrogen-bond acceptors (Lipinski definition) is 4. The number of carbonyl (C=O) groups excluding carboxylic acids is 1. The summed E-state index contributed by atoms with van der Waals surface area (Å²) in [5.74, 6) is 0.745. The highest BCUT2D eigenvalue weighted by molar-refractivity contribution is 5.95. The van der Waals surface area contributed by atoms with E-state index in [9.17, 15) is 4.79 Å². The Morgan fingerprint density at radius 1 is 1.28 bits per heavy atom. The first-order valence-corrected chi connectivity index (χ1v) is 8.65. The summed E-state index contributed by atoms with van der Waals surface area (Å²) in [7, 11) is 0. The Hall–Kier alpha value is -2.69. The second kappa shape index (κ2) is 7.05. The van der Waals surface area contributed by atoms with E-state index < -0.39 is 0 Å². The second-order valence-corrected chi connectivity index (χ2v) is 6.57. The first kappa shape index (κ1) is 17.1. The van der Waals surface area contributed by atoms with Crippen molar-refractivity contribution in [2.24, 2.45) is 0 Å². The monoisotopic (exact) mass is 339 g/mol. The zero-order valence-corrected chi connectivity index (χ0v) is 15.0. The summed E-state index contributed by atoms with van der Waals surface area (Å²) < 4.78 is 5.98. The first-order chi connectivity index (χ1) is 12.0. The molecular weight excluding hydrogens is 314 g/mol. The van der Waals surface area contributed by atoms with Crippen molar-refractivity contribution in [1.82, 2.24) is 0 Å². The number of anilines is 3. The van der Waals surface area contributed by atoms with Crippen LogP contribution in [0.3, 0.4) is 0 Å². The molecule has 5 nitrogen and oxygen atoms in total. The minimum atomic E-state index is -0.0393. The van der Waals surface area contributed by atoms with Gasteiger partial charge in [0.1, 0.15) is 11.9 Å². The Bertz CT molecular complexity index is 768. The standard InChI is InChI=1S/C20H25N3O2/c1-4-16-11-23(17-10-15(21)8-9-18(17)25-16)12-19(24)22-20-13(2)6-5-7-14(20)3/h5-10,16H,4,11-12,21H2,1-3H3,(H,22,24). The minimum Gasteiger partial charge on any atom is -0.486 e. The Labute approximate surface area is 148 Å². The fraction of sp³-hybridized carbons (Fsp3) is 0.350. The summed E-state index contributed by atoms with van der Waals surface area (Å²) in [6.45, 7) is 7.03. The van der Waals surface area contributed by atoms with Gasteiger partial charge in [0, 0.05) is 11.4 Å². The van der Waals surface area contributed by atoms with Crippen molar-refractivity contribution < 1.29 is 9.53 Å². The van der Waals surface area contributed by atoms with Gasteiger partial charge in [-0.05, 0) is 49.6 Å². The number of para-hydroxylation sites is 1. The van der Waals surface area contributed by atoms with Gasteiger partial charge in [-0.1, -0.05) is 25.1 Å². The summed E-state index contributed by atoms with van der Waals surface area (Å²) in [6.07, 6.45) is 0.961. The topological polar surface area (TPSA) is 67.6 Å². The highest BCUT2D eigenvalue weighted by Crippen LogP contribution is 2.35. The van der Waals surface area contributed by atoms with Crippen molar-refractivity contribution >= 4 is 23.0 Å². The van der Waals surface area contributed by atoms with Crippen LogP contribution in [0.15, 0.2) is 36.4 Å². The minimum absolute atomic E-state index is 0.0393. The van der Waals surface area contributed by atoms with Gasteiger partial charge >= 0.3 is 0 Å². The van der Waals surface area contributed by atoms with Crippen molar-refractivity contribution in [3.8, 4) is 5.75 Å². The molecule has 0 fully saturated rings. The van der Waals surface area contributed by atoms with Gasteiger partial charge < -0.3 is 20.7 Å². The van der Waals surface area contributed by atoms with E-state index in [1.807, 2.05) is 55.1 Å². The van der Waals surface area contributed by atoms with Gasteiger partial charge in [0.25, 0.3) is 0 Å². The number of aryl methyl sites for hydroxylation is 2. The van der Waals surface area contributed by atoms with Crippen molar-refractivity contribution in [2.45, 2.75) is 33.3 Å². The van der Waals surface area contributed by atoms with E-state index >= 15 is 0 Å². The molecule has 132 valence electrons. The lowest BCUT2D eigenvalue weighted by Crippen LogP contribution is -2.43. The number of amides is 1. The van der Waals surface area contributed by atoms with E-state index in [1.54, 1.807) is 0 Å². The molecule has 2 aromatic rings. The van der Waals surface area contributed by atoms with Crippen LogP contribution in [0, 0.1) is 13.8 Å². The molecule has 0 bridgehead atoms. The first-order valence-electron chi connectivity index (χ1n) is 8.65. The number of nitrogens with two attached hydrogens (primary N) is 1. The van der Waals surface area contributed by atoms with Crippen molar-refractivity contribution in [3.63, 3.8) is 0 Å². The van der Waals surface area contributed by atoms with E-state index in [-0.39, 0.29) is 18.6 Å². The van der Waals surface area contributed by atoms with Gasteiger partial charge in [0.15, 0.2) is 0 Å². The fourth-order valence-electron chi connectivity index (χ4n) is 3.17. The highest BCUT2D eigenvalue weighted by atomic mass is 16.5. The number of nitrogen functional groups attached to an aromatic ring is 1. The number of rotatable bonds is 4. The van der Waals surface area contributed by atoms with E-state index in [1.165, 1.54) is 0 Å². The highest BCUT2D eigenvalue weighted by Gasteiger charge is 2.26. The molecule has 0 aromatic heterocycles. The van der Waals surface area contributed by atoms with E-state index in [0.29, 0.717) is 12.2 Å². The molecule has 25 heavy (non-hydrogen) atoms. The molecule has 0 saturated carbocycles. The smallest absolute Gasteiger partial charge is 0.243 e. The van der Waals surface area contributed by atoms with E-state index in [4.69, 9.17) is 10.5 Å². The van der Waals surface area contributed by atoms with Crippen LogP contribution >= 0.6 is 0 Å². The molecule has 0 radical (unpaired) electrons. The molecule has 1 unspecified atom stereocenters. The van der Waals surface area contributed by atoms with Gasteiger partial charge in [0.2, 0.25) is 5.91 Å². The van der Waals surface area contributed by atoms with Gasteiger partial charge in [0.05, 0.1) is 18.8 Å². The van der Waals surface area contributed by atoms with Crippen LogP contribution in [0.2, 0.25) is 0 Å². The lowest BCUT2D eigenvalue weighted by Gasteiger charge is -2.35. The maximum absolute atomic E-state index is 12.7. The van der Waals surface area contributed by atoms with Gasteiger partial charge in [-0.25, -0.2) is 0 Å². The number of nitrogens with one attached hydrogen (secondary N) is 1. The van der Waals surface area contributed by atoms with Crippen LogP contribution in [0.1, 0.15) is 24.5 Å². The molecule has 1 aliphatic rings. The average Bonchev–Trinajstić information content (AvgIpc) is 2.58. The number of benzene rings is 2. The molecule has 3 rings (SSSR count). The summed E-state index contributed by atoms with van der Waals surface area (Å²) >= 11 is 0. The van der Waals surface area contributed by atoms with Crippen LogP contribution in [-0.4, -0.2) is 25.1 Å². The van der Waals surface area contributed by atoms with Crippen LogP contribution in [0.25, 0.3) is 0 Å². The Kier molecular flexibility index (Phi) is 4.83. The lowest BCUT2D eigenvalue weighted by atomic mass is 10.1. The summed E-state index contributed by atoms with van der Waals surface area (Å²) in [4.78, 5) is 14.7. The molecule has 5 heteroatoms. The molecule has 3 N–H and O–H groups in total. The van der Waals surface area contributed by atoms with Crippen LogP contribution in [0.4, 0.5) is 17.1 Å². The second-order valence-electron chi connectivity index (χ2n) is 6.57. The third kappa shape index (κ3) is 3.71. The van der Waals surface area contributed by atoms with Crippen molar-refractivity contribution in [2.75, 3.05) is 29.0 Å². The molecule has 1 atom stereocenters. The van der Waals surface area contributed by atoms with Crippen LogP contribution in [0.5, 0.6) is 5.75 Å². The van der Waals surface area contributed by atoms with Gasteiger partial charge in [-0.15, -0.1) is 0 Å². The zero-order chi connectivity index (χ0) is 18.0. The normalized spacial score (nSPS) is 16.1. The third-order valence-electron chi connectivity index (χ3n) is 4.58. The number of ether oxygens (including phenoxy) is 1.